The first kappa shape index (κ1) is 26.9. The maximum absolute atomic E-state index is 12.9. The lowest BCUT2D eigenvalue weighted by Crippen LogP contribution is -2.38. The van der Waals surface area contributed by atoms with E-state index >= 15 is 0 Å². The molecule has 190 valence electrons. The predicted octanol–water partition coefficient (Wildman–Crippen LogP) is 6.54. The minimum atomic E-state index is -0.671. The van der Waals surface area contributed by atoms with Crippen LogP contribution in [-0.4, -0.2) is 29.3 Å². The molecule has 1 aliphatic rings. The number of amides is 4. The van der Waals surface area contributed by atoms with Gasteiger partial charge in [0.25, 0.3) is 5.91 Å². The standard InChI is InChI=1S/C27H22Br2ClN3O4/c1-2-18-5-3-4-6-22(18)31-24(34)14-33-26(35)23(32-27(33)36)13-17-11-20(29)25(21(30)12-17)37-15-16-7-9-19(28)10-8-16/h3-13H,2,14-15H2,1H3,(H,31,34)(H,32,36)/b23-13+. The molecule has 3 aromatic rings. The molecule has 0 aliphatic carbocycles. The molecule has 7 nitrogen and oxygen atoms in total. The van der Waals surface area contributed by atoms with Gasteiger partial charge in [-0.25, -0.2) is 9.69 Å². The van der Waals surface area contributed by atoms with Crippen LogP contribution in [0.2, 0.25) is 5.02 Å². The number of anilines is 1. The highest BCUT2D eigenvalue weighted by atomic mass is 79.9. The Balaban J connectivity index is 1.44. The normalized spacial score (nSPS) is 14.2. The molecule has 0 spiro atoms. The summed E-state index contributed by atoms with van der Waals surface area (Å²) in [7, 11) is 0. The van der Waals surface area contributed by atoms with Gasteiger partial charge in [-0.1, -0.05) is 64.8 Å². The van der Waals surface area contributed by atoms with Gasteiger partial charge in [-0.15, -0.1) is 0 Å². The van der Waals surface area contributed by atoms with E-state index in [2.05, 4.69) is 42.5 Å². The molecule has 4 rings (SSSR count). The van der Waals surface area contributed by atoms with Crippen molar-refractivity contribution in [1.29, 1.82) is 0 Å². The first-order valence-corrected chi connectivity index (χ1v) is 13.3. The van der Waals surface area contributed by atoms with Gasteiger partial charge in [0.2, 0.25) is 5.91 Å². The van der Waals surface area contributed by atoms with Gasteiger partial charge in [0.15, 0.2) is 5.75 Å². The Bertz CT molecular complexity index is 1370. The van der Waals surface area contributed by atoms with Crippen molar-refractivity contribution in [3.05, 3.63) is 97.0 Å². The van der Waals surface area contributed by atoms with E-state index in [1.165, 1.54) is 6.08 Å². The summed E-state index contributed by atoms with van der Waals surface area (Å²) in [6.45, 7) is 1.89. The summed E-state index contributed by atoms with van der Waals surface area (Å²) in [5, 5.41) is 5.63. The van der Waals surface area contributed by atoms with Gasteiger partial charge in [0.05, 0.1) is 9.50 Å². The number of hydrogen-bond acceptors (Lipinski definition) is 4. The summed E-state index contributed by atoms with van der Waals surface area (Å²) in [5.74, 6) is -0.616. The van der Waals surface area contributed by atoms with E-state index in [4.69, 9.17) is 16.3 Å². The molecule has 4 amide bonds. The van der Waals surface area contributed by atoms with Crippen LogP contribution >= 0.6 is 43.5 Å². The number of urea groups is 1. The molecule has 37 heavy (non-hydrogen) atoms. The van der Waals surface area contributed by atoms with Crippen molar-refractivity contribution < 1.29 is 19.1 Å². The third-order valence-electron chi connectivity index (χ3n) is 5.56. The second-order valence-corrected chi connectivity index (χ2v) is 10.3. The SMILES string of the molecule is CCc1ccccc1NC(=O)CN1C(=O)N/C(=C/c2cc(Cl)c(OCc3ccc(Br)cc3)c(Br)c2)C1=O. The molecule has 1 aliphatic heterocycles. The topological polar surface area (TPSA) is 87.7 Å². The Morgan fingerprint density at radius 2 is 1.84 bits per heavy atom. The Morgan fingerprint density at radius 3 is 2.54 bits per heavy atom. The van der Waals surface area contributed by atoms with Crippen molar-refractivity contribution >= 4 is 73.1 Å². The van der Waals surface area contributed by atoms with E-state index in [1.807, 2.05) is 49.4 Å². The van der Waals surface area contributed by atoms with Gasteiger partial charge < -0.3 is 15.4 Å². The second-order valence-electron chi connectivity index (χ2n) is 8.17. The third kappa shape index (κ3) is 6.60. The quantitative estimate of drug-likeness (QED) is 0.215. The van der Waals surface area contributed by atoms with Crippen molar-refractivity contribution in [2.75, 3.05) is 11.9 Å². The number of carbonyl (C=O) groups is 3. The van der Waals surface area contributed by atoms with Crippen LogP contribution in [0.3, 0.4) is 0 Å². The summed E-state index contributed by atoms with van der Waals surface area (Å²) >= 11 is 13.3. The highest BCUT2D eigenvalue weighted by Gasteiger charge is 2.35. The summed E-state index contributed by atoms with van der Waals surface area (Å²) in [5.41, 5.74) is 3.19. The van der Waals surface area contributed by atoms with Crippen LogP contribution in [0.4, 0.5) is 10.5 Å². The number of benzene rings is 3. The summed E-state index contributed by atoms with van der Waals surface area (Å²) in [6.07, 6.45) is 2.23. The lowest BCUT2D eigenvalue weighted by molar-refractivity contribution is -0.127. The van der Waals surface area contributed by atoms with Gasteiger partial charge in [-0.2, -0.15) is 0 Å². The Labute approximate surface area is 236 Å². The second kappa shape index (κ2) is 11.9. The van der Waals surface area contributed by atoms with Gasteiger partial charge in [-0.3, -0.25) is 9.59 Å². The molecule has 1 heterocycles. The fourth-order valence-corrected chi connectivity index (χ4v) is 4.96. The number of imide groups is 1. The largest absolute Gasteiger partial charge is 0.486 e. The molecule has 0 bridgehead atoms. The maximum Gasteiger partial charge on any atom is 0.329 e. The zero-order valence-corrected chi connectivity index (χ0v) is 23.6. The number of carbonyl (C=O) groups excluding carboxylic acids is 3. The first-order valence-electron chi connectivity index (χ1n) is 11.3. The monoisotopic (exact) mass is 645 g/mol. The van der Waals surface area contributed by atoms with Crippen LogP contribution in [0.25, 0.3) is 6.08 Å². The van der Waals surface area contributed by atoms with Crippen LogP contribution in [0.15, 0.2) is 75.3 Å². The molecular weight excluding hydrogens is 626 g/mol. The molecule has 0 atom stereocenters. The maximum atomic E-state index is 12.9. The van der Waals surface area contributed by atoms with Gasteiger partial charge >= 0.3 is 6.03 Å². The molecule has 0 saturated carbocycles. The van der Waals surface area contributed by atoms with Crippen molar-refractivity contribution in [3.8, 4) is 5.75 Å². The molecular formula is C27H22Br2ClN3O4. The molecule has 10 heteroatoms. The summed E-state index contributed by atoms with van der Waals surface area (Å²) in [4.78, 5) is 38.7. The lowest BCUT2D eigenvalue weighted by Gasteiger charge is -2.13. The van der Waals surface area contributed by atoms with Gasteiger partial charge in [-0.05, 0) is 75.4 Å². The number of para-hydroxylation sites is 1. The van der Waals surface area contributed by atoms with Crippen molar-refractivity contribution in [2.24, 2.45) is 0 Å². The average Bonchev–Trinajstić information content (AvgIpc) is 3.12. The highest BCUT2D eigenvalue weighted by molar-refractivity contribution is 9.10. The summed E-state index contributed by atoms with van der Waals surface area (Å²) < 4.78 is 7.44. The summed E-state index contributed by atoms with van der Waals surface area (Å²) in [6, 6.07) is 17.8. The van der Waals surface area contributed by atoms with E-state index in [9.17, 15) is 14.4 Å². The lowest BCUT2D eigenvalue weighted by atomic mass is 10.1. The minimum Gasteiger partial charge on any atom is -0.486 e. The number of ether oxygens (including phenoxy) is 1. The Kier molecular flexibility index (Phi) is 8.68. The number of rotatable bonds is 8. The van der Waals surface area contributed by atoms with Crippen molar-refractivity contribution in [3.63, 3.8) is 0 Å². The van der Waals surface area contributed by atoms with Crippen LogP contribution < -0.4 is 15.4 Å². The van der Waals surface area contributed by atoms with Crippen molar-refractivity contribution in [1.82, 2.24) is 10.2 Å². The smallest absolute Gasteiger partial charge is 0.329 e. The Morgan fingerprint density at radius 1 is 1.11 bits per heavy atom. The molecule has 0 radical (unpaired) electrons. The van der Waals surface area contributed by atoms with Gasteiger partial charge in [0, 0.05) is 10.2 Å². The van der Waals surface area contributed by atoms with E-state index < -0.39 is 24.4 Å². The molecule has 1 saturated heterocycles. The van der Waals surface area contributed by atoms with E-state index in [1.54, 1.807) is 18.2 Å². The average molecular weight is 648 g/mol. The van der Waals surface area contributed by atoms with E-state index in [0.29, 0.717) is 33.1 Å². The van der Waals surface area contributed by atoms with Gasteiger partial charge in [0.1, 0.15) is 18.8 Å². The molecule has 2 N–H and O–H groups in total. The fraction of sp³-hybridized carbons (Fsp3) is 0.148. The van der Waals surface area contributed by atoms with Crippen LogP contribution in [0.5, 0.6) is 5.75 Å². The van der Waals surface area contributed by atoms with E-state index in [-0.39, 0.29) is 5.70 Å². The fourth-order valence-electron chi connectivity index (χ4n) is 3.70. The molecule has 0 aromatic heterocycles. The number of hydrogen-bond donors (Lipinski definition) is 2. The predicted molar refractivity (Wildman–Crippen MR) is 150 cm³/mol. The third-order valence-corrected chi connectivity index (χ3v) is 6.96. The molecule has 1 fully saturated rings. The number of nitrogens with zero attached hydrogens (tertiary/aromatic N) is 1. The number of halogens is 3. The first-order chi connectivity index (χ1) is 17.7. The van der Waals surface area contributed by atoms with Crippen LogP contribution in [0.1, 0.15) is 23.6 Å². The minimum absolute atomic E-state index is 0.0401. The molecule has 0 unspecified atom stereocenters. The van der Waals surface area contributed by atoms with Crippen molar-refractivity contribution in [2.45, 2.75) is 20.0 Å². The zero-order chi connectivity index (χ0) is 26.5. The van der Waals surface area contributed by atoms with Crippen LogP contribution in [0, 0.1) is 0 Å². The number of nitrogens with one attached hydrogen (secondary N) is 2. The molecule has 3 aromatic carbocycles. The van der Waals surface area contributed by atoms with Crippen LogP contribution in [-0.2, 0) is 22.6 Å². The van der Waals surface area contributed by atoms with E-state index in [0.717, 1.165) is 26.9 Å². The highest BCUT2D eigenvalue weighted by Crippen LogP contribution is 2.36. The number of aryl methyl sites for hydroxylation is 1. The zero-order valence-electron chi connectivity index (χ0n) is 19.7. The Hall–Kier alpha value is -3.14.